The average Bonchev–Trinajstić information content (AvgIpc) is 2.50. The van der Waals surface area contributed by atoms with E-state index in [4.69, 9.17) is 17.3 Å². The molecule has 3 N–H and O–H groups in total. The lowest BCUT2D eigenvalue weighted by atomic mass is 10.1. The largest absolute Gasteiger partial charge is 0.397 e. The molecule has 3 rings (SSSR count). The molecule has 0 saturated carbocycles. The normalized spacial score (nSPS) is 10.5. The fourth-order valence-corrected chi connectivity index (χ4v) is 2.42. The number of nitrogens with one attached hydrogen (secondary N) is 1. The first kappa shape index (κ1) is 13.5. The van der Waals surface area contributed by atoms with Crippen molar-refractivity contribution in [1.82, 2.24) is 0 Å². The van der Waals surface area contributed by atoms with E-state index in [2.05, 4.69) is 5.32 Å². The molecule has 0 saturated heterocycles. The van der Waals surface area contributed by atoms with Crippen molar-refractivity contribution < 1.29 is 4.79 Å². The van der Waals surface area contributed by atoms with Gasteiger partial charge in [-0.25, -0.2) is 0 Å². The molecule has 3 nitrogen and oxygen atoms in total. The first-order chi connectivity index (χ1) is 10.1. The smallest absolute Gasteiger partial charge is 0.255 e. The summed E-state index contributed by atoms with van der Waals surface area (Å²) in [6.45, 7) is 0. The van der Waals surface area contributed by atoms with Crippen LogP contribution in [0, 0.1) is 0 Å². The van der Waals surface area contributed by atoms with Gasteiger partial charge in [0.2, 0.25) is 0 Å². The highest BCUT2D eigenvalue weighted by atomic mass is 35.5. The molecule has 0 radical (unpaired) electrons. The summed E-state index contributed by atoms with van der Waals surface area (Å²) in [6.07, 6.45) is 0. The zero-order valence-corrected chi connectivity index (χ0v) is 11.9. The van der Waals surface area contributed by atoms with Crippen LogP contribution >= 0.6 is 11.6 Å². The Hall–Kier alpha value is -2.52. The molecule has 0 atom stereocenters. The third kappa shape index (κ3) is 2.69. The fourth-order valence-electron chi connectivity index (χ4n) is 2.19. The summed E-state index contributed by atoms with van der Waals surface area (Å²) in [5.74, 6) is -0.236. The first-order valence-electron chi connectivity index (χ1n) is 6.49. The second-order valence-electron chi connectivity index (χ2n) is 4.72. The zero-order valence-electron chi connectivity index (χ0n) is 11.1. The van der Waals surface area contributed by atoms with Gasteiger partial charge in [-0.2, -0.15) is 0 Å². The highest BCUT2D eigenvalue weighted by Gasteiger charge is 2.11. The number of amides is 1. The number of halogens is 1. The van der Waals surface area contributed by atoms with Crippen molar-refractivity contribution in [3.8, 4) is 0 Å². The molecule has 3 aromatic carbocycles. The van der Waals surface area contributed by atoms with Gasteiger partial charge in [0.15, 0.2) is 0 Å². The summed E-state index contributed by atoms with van der Waals surface area (Å²) >= 11 is 6.06. The molecule has 0 bridgehead atoms. The number of anilines is 2. The molecule has 0 aliphatic heterocycles. The number of benzene rings is 3. The van der Waals surface area contributed by atoms with Crippen LogP contribution in [0.1, 0.15) is 10.4 Å². The maximum Gasteiger partial charge on any atom is 0.255 e. The maximum atomic E-state index is 12.3. The van der Waals surface area contributed by atoms with E-state index in [0.717, 1.165) is 10.8 Å². The predicted molar refractivity (Wildman–Crippen MR) is 87.8 cm³/mol. The number of carbonyl (C=O) groups excluding carboxylic acids is 1. The van der Waals surface area contributed by atoms with Gasteiger partial charge in [0.25, 0.3) is 5.91 Å². The van der Waals surface area contributed by atoms with Gasteiger partial charge in [-0.15, -0.1) is 0 Å². The summed E-state index contributed by atoms with van der Waals surface area (Å²) in [7, 11) is 0. The number of para-hydroxylation sites is 1. The monoisotopic (exact) mass is 296 g/mol. The van der Waals surface area contributed by atoms with Crippen LogP contribution in [0.15, 0.2) is 60.7 Å². The number of hydrogen-bond donors (Lipinski definition) is 2. The predicted octanol–water partition coefficient (Wildman–Crippen LogP) is 4.33. The molecule has 0 heterocycles. The lowest BCUT2D eigenvalue weighted by Crippen LogP contribution is -2.13. The molecular weight excluding hydrogens is 284 g/mol. The molecule has 104 valence electrons. The lowest BCUT2D eigenvalue weighted by molar-refractivity contribution is 0.102. The third-order valence-electron chi connectivity index (χ3n) is 3.30. The molecule has 0 spiro atoms. The maximum absolute atomic E-state index is 12.3. The van der Waals surface area contributed by atoms with Gasteiger partial charge in [-0.1, -0.05) is 48.0 Å². The summed E-state index contributed by atoms with van der Waals surface area (Å²) in [4.78, 5) is 12.3. The Balaban J connectivity index is 1.94. The van der Waals surface area contributed by atoms with Crippen molar-refractivity contribution in [1.29, 1.82) is 0 Å². The van der Waals surface area contributed by atoms with Crippen LogP contribution in [0.5, 0.6) is 0 Å². The van der Waals surface area contributed by atoms with E-state index in [-0.39, 0.29) is 5.91 Å². The number of carbonyl (C=O) groups is 1. The highest BCUT2D eigenvalue weighted by Crippen LogP contribution is 2.28. The summed E-state index contributed by atoms with van der Waals surface area (Å²) in [6, 6.07) is 18.5. The van der Waals surface area contributed by atoms with E-state index in [1.54, 1.807) is 24.3 Å². The van der Waals surface area contributed by atoms with Gasteiger partial charge in [0.05, 0.1) is 16.4 Å². The molecule has 1 amide bonds. The number of nitrogen functional groups attached to an aromatic ring is 1. The summed E-state index contributed by atoms with van der Waals surface area (Å²) in [5, 5.41) is 5.28. The van der Waals surface area contributed by atoms with Gasteiger partial charge in [-0.3, -0.25) is 4.79 Å². The third-order valence-corrected chi connectivity index (χ3v) is 3.61. The van der Waals surface area contributed by atoms with E-state index < -0.39 is 0 Å². The minimum Gasteiger partial charge on any atom is -0.397 e. The Labute approximate surface area is 127 Å². The van der Waals surface area contributed by atoms with E-state index in [9.17, 15) is 4.79 Å². The molecule has 0 aromatic heterocycles. The Kier molecular flexibility index (Phi) is 3.50. The van der Waals surface area contributed by atoms with Crippen LogP contribution in [0.25, 0.3) is 10.8 Å². The van der Waals surface area contributed by atoms with Crippen molar-refractivity contribution in [2.45, 2.75) is 0 Å². The second kappa shape index (κ2) is 5.46. The van der Waals surface area contributed by atoms with E-state index in [0.29, 0.717) is 22.0 Å². The van der Waals surface area contributed by atoms with Gasteiger partial charge in [0.1, 0.15) is 0 Å². The molecule has 0 aliphatic carbocycles. The summed E-state index contributed by atoms with van der Waals surface area (Å²) < 4.78 is 0. The molecule has 0 aliphatic rings. The van der Waals surface area contributed by atoms with Crippen LogP contribution in [0.4, 0.5) is 11.4 Å². The standard InChI is InChI=1S/C17H13ClN2O/c18-14-6-3-7-15(19)16(14)20-17(21)13-9-8-11-4-1-2-5-12(11)10-13/h1-10H,19H2,(H,20,21). The molecule has 21 heavy (non-hydrogen) atoms. The van der Waals surface area contributed by atoms with Crippen molar-refractivity contribution in [3.63, 3.8) is 0 Å². The molecule has 3 aromatic rings. The molecular formula is C17H13ClN2O. The Bertz CT molecular complexity index is 810. The van der Waals surface area contributed by atoms with Crippen molar-refractivity contribution in [2.75, 3.05) is 11.1 Å². The zero-order chi connectivity index (χ0) is 14.8. The molecule has 0 fully saturated rings. The highest BCUT2D eigenvalue weighted by molar-refractivity contribution is 6.34. The Morgan fingerprint density at radius 2 is 1.71 bits per heavy atom. The van der Waals surface area contributed by atoms with E-state index in [1.165, 1.54) is 0 Å². The molecule has 4 heteroatoms. The summed E-state index contributed by atoms with van der Waals surface area (Å²) in [5.41, 5.74) is 7.29. The first-order valence-corrected chi connectivity index (χ1v) is 6.87. The van der Waals surface area contributed by atoms with E-state index >= 15 is 0 Å². The van der Waals surface area contributed by atoms with Crippen LogP contribution in [-0.2, 0) is 0 Å². The Morgan fingerprint density at radius 3 is 2.48 bits per heavy atom. The van der Waals surface area contributed by atoms with Crippen molar-refractivity contribution in [3.05, 3.63) is 71.2 Å². The van der Waals surface area contributed by atoms with Crippen LogP contribution in [0.2, 0.25) is 5.02 Å². The van der Waals surface area contributed by atoms with Crippen LogP contribution in [0.3, 0.4) is 0 Å². The number of fused-ring (bicyclic) bond motifs is 1. The van der Waals surface area contributed by atoms with Gasteiger partial charge >= 0.3 is 0 Å². The van der Waals surface area contributed by atoms with Crippen LogP contribution < -0.4 is 11.1 Å². The number of nitrogens with two attached hydrogens (primary N) is 1. The van der Waals surface area contributed by atoms with Crippen LogP contribution in [-0.4, -0.2) is 5.91 Å². The second-order valence-corrected chi connectivity index (χ2v) is 5.13. The van der Waals surface area contributed by atoms with Crippen molar-refractivity contribution >= 4 is 39.7 Å². The van der Waals surface area contributed by atoms with Gasteiger partial charge in [0, 0.05) is 5.56 Å². The quantitative estimate of drug-likeness (QED) is 0.692. The minimum absolute atomic E-state index is 0.236. The van der Waals surface area contributed by atoms with Gasteiger partial charge < -0.3 is 11.1 Å². The lowest BCUT2D eigenvalue weighted by Gasteiger charge is -2.10. The number of hydrogen-bond acceptors (Lipinski definition) is 2. The minimum atomic E-state index is -0.236. The Morgan fingerprint density at radius 1 is 0.952 bits per heavy atom. The topological polar surface area (TPSA) is 55.1 Å². The van der Waals surface area contributed by atoms with E-state index in [1.807, 2.05) is 36.4 Å². The fraction of sp³-hybridized carbons (Fsp3) is 0. The SMILES string of the molecule is Nc1cccc(Cl)c1NC(=O)c1ccc2ccccc2c1. The average molecular weight is 297 g/mol. The van der Waals surface area contributed by atoms with Crippen molar-refractivity contribution in [2.24, 2.45) is 0 Å². The number of rotatable bonds is 2. The van der Waals surface area contributed by atoms with Gasteiger partial charge in [-0.05, 0) is 35.0 Å². The molecule has 0 unspecified atom stereocenters.